The highest BCUT2D eigenvalue weighted by Crippen LogP contribution is 2.45. The highest BCUT2D eigenvalue weighted by atomic mass is 16.3. The number of aromatic nitrogens is 5. The lowest BCUT2D eigenvalue weighted by atomic mass is 10.0. The van der Waals surface area contributed by atoms with Crippen LogP contribution in [0.15, 0.2) is 229 Å². The van der Waals surface area contributed by atoms with Gasteiger partial charge in [-0.25, -0.2) is 15.0 Å². The van der Waals surface area contributed by atoms with E-state index in [9.17, 15) is 0 Å². The van der Waals surface area contributed by atoms with E-state index in [1.165, 1.54) is 16.2 Å². The molecule has 4 aromatic heterocycles. The van der Waals surface area contributed by atoms with Gasteiger partial charge in [0.1, 0.15) is 11.2 Å². The maximum absolute atomic E-state index is 7.00. The highest BCUT2D eigenvalue weighted by Gasteiger charge is 2.25. The van der Waals surface area contributed by atoms with Crippen LogP contribution in [0.25, 0.3) is 143 Å². The lowest BCUT2D eigenvalue weighted by Crippen LogP contribution is -2.04. The van der Waals surface area contributed by atoms with Crippen LogP contribution in [0.1, 0.15) is 0 Å². The summed E-state index contributed by atoms with van der Waals surface area (Å²) >= 11 is 0. The fraction of sp³-hybridized carbons (Fsp3) is 0. The molecule has 15 rings (SSSR count). The molecule has 0 atom stereocenters. The third kappa shape index (κ3) is 5.63. The zero-order valence-corrected chi connectivity index (χ0v) is 37.0. The predicted molar refractivity (Wildman–Crippen MR) is 285 cm³/mol. The predicted octanol–water partition coefficient (Wildman–Crippen LogP) is 16.4. The van der Waals surface area contributed by atoms with Gasteiger partial charge in [0.2, 0.25) is 0 Å². The van der Waals surface area contributed by atoms with Crippen molar-refractivity contribution in [1.29, 1.82) is 0 Å². The Bertz CT molecular complexity index is 4600. The number of nitrogens with zero attached hydrogens (tertiary/aromatic N) is 5. The van der Waals surface area contributed by atoms with Crippen LogP contribution in [-0.2, 0) is 0 Å². The molecule has 0 saturated heterocycles. The summed E-state index contributed by atoms with van der Waals surface area (Å²) in [5.41, 5.74) is 10.7. The van der Waals surface area contributed by atoms with Crippen LogP contribution < -0.4 is 0 Å². The lowest BCUT2D eigenvalue weighted by molar-refractivity contribution is 0.672. The molecule has 0 unspecified atom stereocenters. The van der Waals surface area contributed by atoms with Gasteiger partial charge in [0.05, 0.1) is 27.8 Å². The quantitative estimate of drug-likeness (QED) is 0.173. The van der Waals surface area contributed by atoms with Crippen molar-refractivity contribution in [3.63, 3.8) is 0 Å². The van der Waals surface area contributed by atoms with Crippen molar-refractivity contribution in [1.82, 2.24) is 24.1 Å². The largest absolute Gasteiger partial charge is 0.455 e. The molecular formula is C63H37N5O. The van der Waals surface area contributed by atoms with E-state index in [1.807, 2.05) is 18.2 Å². The fourth-order valence-electron chi connectivity index (χ4n) is 11.0. The minimum atomic E-state index is 0.542. The van der Waals surface area contributed by atoms with Gasteiger partial charge in [0.15, 0.2) is 17.5 Å². The summed E-state index contributed by atoms with van der Waals surface area (Å²) in [6, 6.07) is 79.7. The molecule has 0 amide bonds. The molecule has 11 aromatic carbocycles. The second-order valence-corrected chi connectivity index (χ2v) is 17.9. The van der Waals surface area contributed by atoms with Crippen LogP contribution in [0, 0.1) is 0 Å². The summed E-state index contributed by atoms with van der Waals surface area (Å²) in [5.74, 6) is 1.71. The van der Waals surface area contributed by atoms with Gasteiger partial charge >= 0.3 is 0 Å². The SMILES string of the molecule is c1ccc(-c2nc(-c3cc4oc5c6ccccc6ccc5c4cc3-n3c4cc5ccccc5cc4c4ccc5ccccc5c43)nc(-c3cccc4c3c3ccccc3n4-c3ccccc3)n2)cc1. The second-order valence-electron chi connectivity index (χ2n) is 17.9. The van der Waals surface area contributed by atoms with Gasteiger partial charge in [0.25, 0.3) is 0 Å². The van der Waals surface area contributed by atoms with Crippen LogP contribution in [0.2, 0.25) is 0 Å². The lowest BCUT2D eigenvalue weighted by Gasteiger charge is -2.16. The first-order chi connectivity index (χ1) is 34.2. The Balaban J connectivity index is 1.10. The van der Waals surface area contributed by atoms with Crippen LogP contribution >= 0.6 is 0 Å². The number of hydrogen-bond donors (Lipinski definition) is 0. The normalized spacial score (nSPS) is 12.1. The molecule has 0 radical (unpaired) electrons. The average Bonchev–Trinajstić information content (AvgIpc) is 4.07. The van der Waals surface area contributed by atoms with Crippen LogP contribution in [-0.4, -0.2) is 24.1 Å². The molecule has 0 aliphatic carbocycles. The minimum absolute atomic E-state index is 0.542. The van der Waals surface area contributed by atoms with E-state index in [2.05, 4.69) is 215 Å². The van der Waals surface area contributed by atoms with Crippen LogP contribution in [0.5, 0.6) is 0 Å². The van der Waals surface area contributed by atoms with E-state index in [4.69, 9.17) is 19.4 Å². The number of fused-ring (bicyclic) bond motifs is 14. The Morgan fingerprint density at radius 3 is 1.74 bits per heavy atom. The monoisotopic (exact) mass is 879 g/mol. The molecule has 15 aromatic rings. The minimum Gasteiger partial charge on any atom is -0.455 e. The molecule has 6 nitrogen and oxygen atoms in total. The zero-order chi connectivity index (χ0) is 45.2. The summed E-state index contributed by atoms with van der Waals surface area (Å²) in [6.45, 7) is 0. The molecule has 6 heteroatoms. The number of benzene rings is 11. The van der Waals surface area contributed by atoms with Crippen molar-refractivity contribution >= 4 is 97.9 Å². The van der Waals surface area contributed by atoms with E-state index in [0.717, 1.165) is 110 Å². The molecule has 69 heavy (non-hydrogen) atoms. The molecule has 0 bridgehead atoms. The van der Waals surface area contributed by atoms with E-state index in [1.54, 1.807) is 0 Å². The summed E-state index contributed by atoms with van der Waals surface area (Å²) in [4.78, 5) is 16.4. The summed E-state index contributed by atoms with van der Waals surface area (Å²) in [6.07, 6.45) is 0. The zero-order valence-electron chi connectivity index (χ0n) is 37.0. The smallest absolute Gasteiger partial charge is 0.166 e. The molecule has 0 N–H and O–H groups in total. The van der Waals surface area contributed by atoms with Crippen LogP contribution in [0.3, 0.4) is 0 Å². The fourth-order valence-corrected chi connectivity index (χ4v) is 11.0. The standard InChI is InChI=1S/C63H37N5O/c1-3-18-40(19-4-1)61-64-62(49-27-15-29-54-58(49)48-26-13-14-28-53(48)67(54)43-22-5-2-6-23-43)66-63(65-61)52-37-57-51(47-33-31-39-17-10-12-25-45(39)60(47)69-57)36-56(52)68-55-35-42-21-8-7-20-41(42)34-50(55)46-32-30-38-16-9-11-24-44(38)59(46)68/h1-37H. The van der Waals surface area contributed by atoms with E-state index >= 15 is 0 Å². The van der Waals surface area contributed by atoms with Crippen molar-refractivity contribution < 1.29 is 4.42 Å². The summed E-state index contributed by atoms with van der Waals surface area (Å²) < 4.78 is 11.8. The first kappa shape index (κ1) is 37.8. The van der Waals surface area contributed by atoms with Gasteiger partial charge in [-0.05, 0) is 76.1 Å². The number of rotatable bonds is 5. The number of hydrogen-bond acceptors (Lipinski definition) is 4. The van der Waals surface area contributed by atoms with Crippen LogP contribution in [0.4, 0.5) is 0 Å². The van der Waals surface area contributed by atoms with E-state index in [-0.39, 0.29) is 0 Å². The Morgan fingerprint density at radius 2 is 0.942 bits per heavy atom. The van der Waals surface area contributed by atoms with Crippen molar-refractivity contribution in [3.8, 4) is 45.5 Å². The molecule has 0 aliphatic heterocycles. The van der Waals surface area contributed by atoms with Gasteiger partial charge in [-0.3, -0.25) is 0 Å². The maximum atomic E-state index is 7.00. The maximum Gasteiger partial charge on any atom is 0.166 e. The van der Waals surface area contributed by atoms with Crippen molar-refractivity contribution in [2.24, 2.45) is 0 Å². The molecule has 0 saturated carbocycles. The summed E-state index contributed by atoms with van der Waals surface area (Å²) in [7, 11) is 0. The number of furan rings is 1. The van der Waals surface area contributed by atoms with E-state index < -0.39 is 0 Å². The molecular weight excluding hydrogens is 843 g/mol. The Morgan fingerprint density at radius 1 is 0.333 bits per heavy atom. The summed E-state index contributed by atoms with van der Waals surface area (Å²) in [5, 5.41) is 13.5. The van der Waals surface area contributed by atoms with Crippen molar-refractivity contribution in [2.45, 2.75) is 0 Å². The molecule has 0 spiro atoms. The average molecular weight is 880 g/mol. The Hall–Kier alpha value is -9.39. The Kier molecular flexibility index (Phi) is 7.97. The van der Waals surface area contributed by atoms with Gasteiger partial charge in [0, 0.05) is 65.5 Å². The molecule has 320 valence electrons. The van der Waals surface area contributed by atoms with Gasteiger partial charge < -0.3 is 13.6 Å². The first-order valence-electron chi connectivity index (χ1n) is 23.3. The third-order valence-corrected chi connectivity index (χ3v) is 14.1. The Labute approximate surface area is 394 Å². The van der Waals surface area contributed by atoms with Gasteiger partial charge in [-0.2, -0.15) is 0 Å². The number of para-hydroxylation sites is 2. The van der Waals surface area contributed by atoms with Crippen molar-refractivity contribution in [3.05, 3.63) is 224 Å². The molecule has 0 aliphatic rings. The second kappa shape index (κ2) is 14.6. The van der Waals surface area contributed by atoms with Gasteiger partial charge in [-0.1, -0.05) is 170 Å². The van der Waals surface area contributed by atoms with E-state index in [0.29, 0.717) is 17.5 Å². The molecule has 0 fully saturated rings. The third-order valence-electron chi connectivity index (χ3n) is 14.1. The topological polar surface area (TPSA) is 61.7 Å². The van der Waals surface area contributed by atoms with Gasteiger partial charge in [-0.15, -0.1) is 0 Å². The highest BCUT2D eigenvalue weighted by molar-refractivity contribution is 6.22. The van der Waals surface area contributed by atoms with Crippen molar-refractivity contribution in [2.75, 3.05) is 0 Å². The molecule has 4 heterocycles. The first-order valence-corrected chi connectivity index (χ1v) is 23.3.